The zero-order chi connectivity index (χ0) is 22.1. The highest BCUT2D eigenvalue weighted by Crippen LogP contribution is 2.31. The number of rotatable bonds is 7. The van der Waals surface area contributed by atoms with Gasteiger partial charge in [-0.05, 0) is 49.7 Å². The fourth-order valence-corrected chi connectivity index (χ4v) is 4.64. The number of nitrogens with one attached hydrogen (secondary N) is 1. The molecule has 5 heteroatoms. The summed E-state index contributed by atoms with van der Waals surface area (Å²) in [5, 5.41) is 5.49. The molecule has 0 unspecified atom stereocenters. The lowest BCUT2D eigenvalue weighted by molar-refractivity contribution is -0.116. The molecule has 5 aromatic rings. The minimum atomic E-state index is -0.0375. The molecular weight excluding hydrogens is 396 g/mol. The van der Waals surface area contributed by atoms with E-state index in [1.165, 1.54) is 16.4 Å². The fourth-order valence-electron chi connectivity index (χ4n) is 4.64. The van der Waals surface area contributed by atoms with Gasteiger partial charge in [0.25, 0.3) is 0 Å². The molecule has 0 aliphatic carbocycles. The molecule has 0 saturated carbocycles. The maximum absolute atomic E-state index is 13.0. The van der Waals surface area contributed by atoms with Crippen LogP contribution >= 0.6 is 0 Å². The van der Waals surface area contributed by atoms with Crippen LogP contribution in [0.1, 0.15) is 32.5 Å². The van der Waals surface area contributed by atoms with E-state index in [1.54, 1.807) is 0 Å². The summed E-state index contributed by atoms with van der Waals surface area (Å²) in [5.74, 6) is 0.939. The van der Waals surface area contributed by atoms with Gasteiger partial charge < -0.3 is 14.5 Å². The van der Waals surface area contributed by atoms with Gasteiger partial charge in [-0.1, -0.05) is 43.7 Å². The lowest BCUT2D eigenvalue weighted by Crippen LogP contribution is -2.20. The first-order valence-corrected chi connectivity index (χ1v) is 11.4. The van der Waals surface area contributed by atoms with Gasteiger partial charge in [0.2, 0.25) is 5.91 Å². The van der Waals surface area contributed by atoms with E-state index in [2.05, 4.69) is 64.7 Å². The van der Waals surface area contributed by atoms with E-state index in [4.69, 9.17) is 4.98 Å². The fraction of sp³-hybridized carbons (Fsp3) is 0.259. The van der Waals surface area contributed by atoms with Crippen LogP contribution in [-0.4, -0.2) is 20.0 Å². The monoisotopic (exact) mass is 424 g/mol. The van der Waals surface area contributed by atoms with E-state index in [1.807, 2.05) is 30.3 Å². The molecule has 5 rings (SSSR count). The Morgan fingerprint density at radius 3 is 2.44 bits per heavy atom. The Labute approximate surface area is 187 Å². The van der Waals surface area contributed by atoms with E-state index in [-0.39, 0.29) is 12.5 Å². The van der Waals surface area contributed by atoms with Crippen molar-refractivity contribution >= 4 is 44.4 Å². The van der Waals surface area contributed by atoms with Gasteiger partial charge in [0, 0.05) is 40.5 Å². The second kappa shape index (κ2) is 8.50. The number of imidazole rings is 1. The van der Waals surface area contributed by atoms with Crippen molar-refractivity contribution in [3.05, 3.63) is 72.6 Å². The molecule has 5 nitrogen and oxygen atoms in total. The standard InChI is InChI=1S/C27H28N4O/c1-3-5-14-26-29-22-11-7-9-13-25(22)31(26)18-27(32)28-19-15-16-24-21(17-19)20-10-6-8-12-23(20)30(24)4-2/h6-13,15-17H,3-5,14,18H2,1-2H3,(H,28,32). The van der Waals surface area contributed by atoms with Crippen LogP contribution in [-0.2, 0) is 24.3 Å². The second-order valence-electron chi connectivity index (χ2n) is 8.25. The molecule has 0 spiro atoms. The molecule has 32 heavy (non-hydrogen) atoms. The second-order valence-corrected chi connectivity index (χ2v) is 8.25. The van der Waals surface area contributed by atoms with E-state index in [9.17, 15) is 4.79 Å². The van der Waals surface area contributed by atoms with E-state index < -0.39 is 0 Å². The predicted octanol–water partition coefficient (Wildman–Crippen LogP) is 6.15. The number of fused-ring (bicyclic) bond motifs is 4. The van der Waals surface area contributed by atoms with Crippen LogP contribution in [0.3, 0.4) is 0 Å². The highest BCUT2D eigenvalue weighted by atomic mass is 16.1. The van der Waals surface area contributed by atoms with Crippen LogP contribution < -0.4 is 5.32 Å². The molecule has 0 atom stereocenters. The first-order valence-electron chi connectivity index (χ1n) is 11.4. The first-order chi connectivity index (χ1) is 15.7. The zero-order valence-corrected chi connectivity index (χ0v) is 18.6. The number of carbonyl (C=O) groups is 1. The molecule has 0 bridgehead atoms. The number of unbranched alkanes of at least 4 members (excludes halogenated alkanes) is 1. The van der Waals surface area contributed by atoms with E-state index in [0.717, 1.165) is 53.7 Å². The quantitative estimate of drug-likeness (QED) is 0.341. The summed E-state index contributed by atoms with van der Waals surface area (Å²) in [6.45, 7) is 5.50. The van der Waals surface area contributed by atoms with Gasteiger partial charge in [0.1, 0.15) is 12.4 Å². The third-order valence-electron chi connectivity index (χ3n) is 6.16. The van der Waals surface area contributed by atoms with Crippen molar-refractivity contribution in [2.24, 2.45) is 0 Å². The number of hydrogen-bond donors (Lipinski definition) is 1. The Hall–Kier alpha value is -3.60. The number of amides is 1. The van der Waals surface area contributed by atoms with Gasteiger partial charge >= 0.3 is 0 Å². The molecule has 1 N–H and O–H groups in total. The largest absolute Gasteiger partial charge is 0.341 e. The Balaban J connectivity index is 1.45. The third-order valence-corrected chi connectivity index (χ3v) is 6.16. The summed E-state index contributed by atoms with van der Waals surface area (Å²) in [7, 11) is 0. The number of para-hydroxylation sites is 3. The van der Waals surface area contributed by atoms with Crippen LogP contribution in [0.2, 0.25) is 0 Å². The predicted molar refractivity (Wildman–Crippen MR) is 132 cm³/mol. The highest BCUT2D eigenvalue weighted by molar-refractivity contribution is 6.09. The number of nitrogens with zero attached hydrogens (tertiary/aromatic N) is 3. The molecule has 2 heterocycles. The number of carbonyl (C=O) groups excluding carboxylic acids is 1. The lowest BCUT2D eigenvalue weighted by atomic mass is 10.1. The van der Waals surface area contributed by atoms with Crippen LogP contribution in [0.25, 0.3) is 32.8 Å². The van der Waals surface area contributed by atoms with Crippen LogP contribution in [0.5, 0.6) is 0 Å². The minimum Gasteiger partial charge on any atom is -0.341 e. The minimum absolute atomic E-state index is 0.0375. The number of hydrogen-bond acceptors (Lipinski definition) is 2. The summed E-state index contributed by atoms with van der Waals surface area (Å²) >= 11 is 0. The summed E-state index contributed by atoms with van der Waals surface area (Å²) < 4.78 is 4.37. The molecule has 0 fully saturated rings. The SMILES string of the molecule is CCCCc1nc2ccccc2n1CC(=O)Nc1ccc2c(c1)c1ccccc1n2CC. The molecule has 0 aliphatic rings. The maximum Gasteiger partial charge on any atom is 0.244 e. The molecule has 0 radical (unpaired) electrons. The molecule has 1 amide bonds. The smallest absolute Gasteiger partial charge is 0.244 e. The van der Waals surface area contributed by atoms with Crippen LogP contribution in [0, 0.1) is 0 Å². The van der Waals surface area contributed by atoms with Gasteiger partial charge in [-0.3, -0.25) is 4.79 Å². The van der Waals surface area contributed by atoms with Gasteiger partial charge in [0.05, 0.1) is 11.0 Å². The Bertz CT molecular complexity index is 1430. The van der Waals surface area contributed by atoms with Gasteiger partial charge in [-0.25, -0.2) is 4.98 Å². The van der Waals surface area contributed by atoms with Gasteiger partial charge in [-0.2, -0.15) is 0 Å². The Morgan fingerprint density at radius 2 is 1.62 bits per heavy atom. The normalized spacial score (nSPS) is 11.6. The van der Waals surface area contributed by atoms with Crippen molar-refractivity contribution < 1.29 is 4.79 Å². The summed E-state index contributed by atoms with van der Waals surface area (Å²) in [6.07, 6.45) is 3.03. The molecule has 3 aromatic carbocycles. The molecular formula is C27H28N4O. The van der Waals surface area contributed by atoms with E-state index in [0.29, 0.717) is 0 Å². The lowest BCUT2D eigenvalue weighted by Gasteiger charge is -2.10. The van der Waals surface area contributed by atoms with Crippen molar-refractivity contribution in [2.75, 3.05) is 5.32 Å². The number of aryl methyl sites for hydroxylation is 2. The summed E-state index contributed by atoms with van der Waals surface area (Å²) in [5.41, 5.74) is 5.18. The maximum atomic E-state index is 13.0. The van der Waals surface area contributed by atoms with Crippen molar-refractivity contribution in [2.45, 2.75) is 46.2 Å². The van der Waals surface area contributed by atoms with Crippen molar-refractivity contribution in [3.63, 3.8) is 0 Å². The number of aromatic nitrogens is 3. The van der Waals surface area contributed by atoms with Crippen LogP contribution in [0.4, 0.5) is 5.69 Å². The third kappa shape index (κ3) is 3.54. The molecule has 0 aliphatic heterocycles. The first kappa shape index (κ1) is 20.3. The van der Waals surface area contributed by atoms with Crippen molar-refractivity contribution in [1.82, 2.24) is 14.1 Å². The molecule has 0 saturated heterocycles. The topological polar surface area (TPSA) is 51.9 Å². The molecule has 2 aromatic heterocycles. The highest BCUT2D eigenvalue weighted by Gasteiger charge is 2.15. The van der Waals surface area contributed by atoms with Gasteiger partial charge in [-0.15, -0.1) is 0 Å². The average Bonchev–Trinajstić information content (AvgIpc) is 3.32. The van der Waals surface area contributed by atoms with Crippen molar-refractivity contribution in [1.29, 1.82) is 0 Å². The number of benzene rings is 3. The average molecular weight is 425 g/mol. The Morgan fingerprint density at radius 1 is 0.875 bits per heavy atom. The summed E-state index contributed by atoms with van der Waals surface area (Å²) in [6, 6.07) is 22.7. The Kier molecular flexibility index (Phi) is 5.39. The van der Waals surface area contributed by atoms with Crippen molar-refractivity contribution in [3.8, 4) is 0 Å². The van der Waals surface area contributed by atoms with E-state index >= 15 is 0 Å². The van der Waals surface area contributed by atoms with Gasteiger partial charge in [0.15, 0.2) is 0 Å². The summed E-state index contributed by atoms with van der Waals surface area (Å²) in [4.78, 5) is 17.8. The number of anilines is 1. The van der Waals surface area contributed by atoms with Crippen LogP contribution in [0.15, 0.2) is 66.7 Å². The zero-order valence-electron chi connectivity index (χ0n) is 18.6. The molecule has 162 valence electrons.